The Bertz CT molecular complexity index is 1160. The predicted molar refractivity (Wildman–Crippen MR) is 109 cm³/mol. The minimum absolute atomic E-state index is 0.154. The van der Waals surface area contributed by atoms with E-state index >= 15 is 0 Å². The summed E-state index contributed by atoms with van der Waals surface area (Å²) in [6.07, 6.45) is 0. The van der Waals surface area contributed by atoms with Crippen LogP contribution in [0.1, 0.15) is 5.56 Å². The third-order valence-electron chi connectivity index (χ3n) is 4.15. The zero-order chi connectivity index (χ0) is 19.4. The lowest BCUT2D eigenvalue weighted by atomic mass is 10.2. The first-order chi connectivity index (χ1) is 13.6. The zero-order valence-electron chi connectivity index (χ0n) is 15.0. The number of hydrogen-bond donors (Lipinski definition) is 0. The zero-order valence-corrected chi connectivity index (χ0v) is 15.8. The SMILES string of the molecule is O=S(=O)(Cc1ccccc1)Oc1cc(-c2ccccc2)nn1-c1ccccc1. The normalized spacial score (nSPS) is 11.3. The fourth-order valence-corrected chi connectivity index (χ4v) is 3.90. The predicted octanol–water partition coefficient (Wildman–Crippen LogP) is 4.45. The molecule has 0 amide bonds. The summed E-state index contributed by atoms with van der Waals surface area (Å²) < 4.78 is 32.2. The maximum absolute atomic E-state index is 12.6. The fraction of sp³-hybridized carbons (Fsp3) is 0.0455. The monoisotopic (exact) mass is 390 g/mol. The second kappa shape index (κ2) is 7.70. The Kier molecular flexibility index (Phi) is 4.95. The molecular weight excluding hydrogens is 372 g/mol. The number of para-hydroxylation sites is 1. The van der Waals surface area contributed by atoms with Crippen molar-refractivity contribution in [2.45, 2.75) is 5.75 Å². The Hall–Kier alpha value is -3.38. The van der Waals surface area contributed by atoms with Crippen molar-refractivity contribution in [3.05, 3.63) is 103 Å². The standard InChI is InChI=1S/C22H18N2O3S/c25-28(26,17-18-10-4-1-5-11-18)27-22-16-21(19-12-6-2-7-13-19)23-24(22)20-14-8-3-9-15-20/h1-16H,17H2. The van der Waals surface area contributed by atoms with Gasteiger partial charge < -0.3 is 4.18 Å². The van der Waals surface area contributed by atoms with Crippen molar-refractivity contribution in [2.24, 2.45) is 0 Å². The van der Waals surface area contributed by atoms with E-state index in [1.54, 1.807) is 30.3 Å². The third kappa shape index (κ3) is 4.13. The van der Waals surface area contributed by atoms with E-state index in [0.717, 1.165) is 11.3 Å². The number of hydrogen-bond acceptors (Lipinski definition) is 4. The lowest BCUT2D eigenvalue weighted by Crippen LogP contribution is -2.14. The Balaban J connectivity index is 1.72. The molecule has 0 spiro atoms. The summed E-state index contributed by atoms with van der Waals surface area (Å²) in [4.78, 5) is 0. The molecule has 28 heavy (non-hydrogen) atoms. The van der Waals surface area contributed by atoms with Crippen LogP contribution in [-0.2, 0) is 15.9 Å². The highest BCUT2D eigenvalue weighted by molar-refractivity contribution is 7.86. The summed E-state index contributed by atoms with van der Waals surface area (Å²) in [5.74, 6) is -0.0601. The molecule has 0 aliphatic rings. The molecule has 0 aliphatic carbocycles. The van der Waals surface area contributed by atoms with Crippen molar-refractivity contribution in [3.63, 3.8) is 0 Å². The highest BCUT2D eigenvalue weighted by Gasteiger charge is 2.20. The molecule has 0 saturated carbocycles. The number of nitrogens with zero attached hydrogens (tertiary/aromatic N) is 2. The lowest BCUT2D eigenvalue weighted by molar-refractivity contribution is 0.464. The number of rotatable bonds is 6. The van der Waals surface area contributed by atoms with Crippen LogP contribution < -0.4 is 4.18 Å². The van der Waals surface area contributed by atoms with Gasteiger partial charge in [0.05, 0.1) is 11.4 Å². The van der Waals surface area contributed by atoms with E-state index in [4.69, 9.17) is 4.18 Å². The average Bonchev–Trinajstić information content (AvgIpc) is 3.13. The molecule has 0 radical (unpaired) electrons. The Labute approximate surface area is 164 Å². The molecule has 0 bridgehead atoms. The van der Waals surface area contributed by atoms with Crippen LogP contribution in [0.2, 0.25) is 0 Å². The molecule has 1 heterocycles. The number of aromatic nitrogens is 2. The molecule has 0 aliphatic heterocycles. The Morgan fingerprint density at radius 2 is 1.36 bits per heavy atom. The molecule has 0 fully saturated rings. The first kappa shape index (κ1) is 18.0. The van der Waals surface area contributed by atoms with Crippen LogP contribution in [-0.4, -0.2) is 18.2 Å². The minimum atomic E-state index is -3.85. The van der Waals surface area contributed by atoms with E-state index in [1.165, 1.54) is 4.68 Å². The van der Waals surface area contributed by atoms with Crippen molar-refractivity contribution in [1.82, 2.24) is 9.78 Å². The van der Waals surface area contributed by atoms with Gasteiger partial charge in [-0.05, 0) is 17.7 Å². The van der Waals surface area contributed by atoms with Gasteiger partial charge in [0.25, 0.3) is 0 Å². The van der Waals surface area contributed by atoms with Gasteiger partial charge in [-0.15, -0.1) is 0 Å². The first-order valence-corrected chi connectivity index (χ1v) is 10.4. The third-order valence-corrected chi connectivity index (χ3v) is 5.26. The molecule has 5 nitrogen and oxygen atoms in total. The van der Waals surface area contributed by atoms with Gasteiger partial charge in [0, 0.05) is 11.6 Å². The summed E-state index contributed by atoms with van der Waals surface area (Å²) in [5, 5.41) is 4.57. The van der Waals surface area contributed by atoms with Gasteiger partial charge in [0.2, 0.25) is 5.88 Å². The molecule has 140 valence electrons. The van der Waals surface area contributed by atoms with E-state index in [9.17, 15) is 8.42 Å². The molecule has 1 aromatic heterocycles. The van der Waals surface area contributed by atoms with Crippen molar-refractivity contribution in [1.29, 1.82) is 0 Å². The van der Waals surface area contributed by atoms with Gasteiger partial charge in [-0.1, -0.05) is 78.9 Å². The van der Waals surface area contributed by atoms with E-state index in [-0.39, 0.29) is 11.6 Å². The van der Waals surface area contributed by atoms with Crippen molar-refractivity contribution in [2.75, 3.05) is 0 Å². The van der Waals surface area contributed by atoms with Gasteiger partial charge in [0.1, 0.15) is 5.75 Å². The van der Waals surface area contributed by atoms with E-state index in [1.807, 2.05) is 66.7 Å². The lowest BCUT2D eigenvalue weighted by Gasteiger charge is -2.09. The smallest absolute Gasteiger partial charge is 0.314 e. The van der Waals surface area contributed by atoms with Crippen molar-refractivity contribution >= 4 is 10.1 Å². The molecule has 0 atom stereocenters. The van der Waals surface area contributed by atoms with E-state index in [2.05, 4.69) is 5.10 Å². The van der Waals surface area contributed by atoms with Crippen molar-refractivity contribution in [3.8, 4) is 22.8 Å². The van der Waals surface area contributed by atoms with Crippen LogP contribution in [0.25, 0.3) is 16.9 Å². The Morgan fingerprint density at radius 3 is 2.00 bits per heavy atom. The summed E-state index contributed by atoms with van der Waals surface area (Å²) in [5.41, 5.74) is 2.89. The molecule has 4 aromatic rings. The second-order valence-corrected chi connectivity index (χ2v) is 7.82. The molecule has 6 heteroatoms. The molecule has 0 N–H and O–H groups in total. The van der Waals surface area contributed by atoms with Gasteiger partial charge in [0.15, 0.2) is 0 Å². The van der Waals surface area contributed by atoms with Gasteiger partial charge in [-0.2, -0.15) is 18.2 Å². The highest BCUT2D eigenvalue weighted by atomic mass is 32.2. The fourth-order valence-electron chi connectivity index (χ4n) is 2.87. The highest BCUT2D eigenvalue weighted by Crippen LogP contribution is 2.27. The van der Waals surface area contributed by atoms with E-state index in [0.29, 0.717) is 11.3 Å². The molecule has 3 aromatic carbocycles. The van der Waals surface area contributed by atoms with Crippen LogP contribution in [0, 0.1) is 0 Å². The summed E-state index contributed by atoms with van der Waals surface area (Å²) in [7, 11) is -3.85. The van der Waals surface area contributed by atoms with Crippen molar-refractivity contribution < 1.29 is 12.6 Å². The summed E-state index contributed by atoms with van der Waals surface area (Å²) in [6, 6.07) is 29.5. The maximum atomic E-state index is 12.6. The summed E-state index contributed by atoms with van der Waals surface area (Å²) >= 11 is 0. The molecule has 0 unspecified atom stereocenters. The van der Waals surface area contributed by atoms with Gasteiger partial charge in [-0.3, -0.25) is 0 Å². The van der Waals surface area contributed by atoms with Crippen LogP contribution in [0.5, 0.6) is 5.88 Å². The molecular formula is C22H18N2O3S. The van der Waals surface area contributed by atoms with Crippen LogP contribution in [0.3, 0.4) is 0 Å². The number of benzene rings is 3. The van der Waals surface area contributed by atoms with Crippen LogP contribution in [0.15, 0.2) is 97.1 Å². The van der Waals surface area contributed by atoms with Gasteiger partial charge in [-0.25, -0.2) is 0 Å². The maximum Gasteiger partial charge on any atom is 0.314 e. The second-order valence-electron chi connectivity index (χ2n) is 6.25. The quantitative estimate of drug-likeness (QED) is 0.457. The topological polar surface area (TPSA) is 61.2 Å². The van der Waals surface area contributed by atoms with Crippen LogP contribution in [0.4, 0.5) is 0 Å². The summed E-state index contributed by atoms with van der Waals surface area (Å²) in [6.45, 7) is 0. The average molecular weight is 390 g/mol. The van der Waals surface area contributed by atoms with E-state index < -0.39 is 10.1 Å². The first-order valence-electron chi connectivity index (χ1n) is 8.78. The van der Waals surface area contributed by atoms with Gasteiger partial charge >= 0.3 is 10.1 Å². The largest absolute Gasteiger partial charge is 0.361 e. The molecule has 0 saturated heterocycles. The molecule has 4 rings (SSSR count). The minimum Gasteiger partial charge on any atom is -0.361 e. The Morgan fingerprint density at radius 1 is 0.786 bits per heavy atom. The van der Waals surface area contributed by atoms with Crippen LogP contribution >= 0.6 is 0 Å².